The highest BCUT2D eigenvalue weighted by molar-refractivity contribution is 8.00. The van der Waals surface area contributed by atoms with E-state index in [1.165, 1.54) is 17.8 Å². The third-order valence-corrected chi connectivity index (χ3v) is 5.82. The molecule has 0 radical (unpaired) electrons. The van der Waals surface area contributed by atoms with Crippen molar-refractivity contribution < 1.29 is 23.1 Å². The number of carbonyl (C=O) groups is 2. The van der Waals surface area contributed by atoms with Gasteiger partial charge < -0.3 is 15.0 Å². The Morgan fingerprint density at radius 3 is 2.55 bits per heavy atom. The van der Waals surface area contributed by atoms with Crippen molar-refractivity contribution in [3.05, 3.63) is 54.1 Å². The molecule has 5 nitrogen and oxygen atoms in total. The second-order valence-corrected chi connectivity index (χ2v) is 7.76. The van der Waals surface area contributed by atoms with Gasteiger partial charge in [-0.05, 0) is 43.2 Å². The Hall–Kier alpha value is -2.61. The fourth-order valence-electron chi connectivity index (χ4n) is 3.18. The van der Waals surface area contributed by atoms with Crippen LogP contribution in [-0.4, -0.2) is 42.7 Å². The van der Waals surface area contributed by atoms with E-state index in [0.717, 1.165) is 12.1 Å². The Morgan fingerprint density at radius 1 is 1.14 bits per heavy atom. The molecule has 1 heterocycles. The number of anilines is 1. The lowest BCUT2D eigenvalue weighted by Gasteiger charge is -2.31. The van der Waals surface area contributed by atoms with Crippen molar-refractivity contribution in [3.63, 3.8) is 0 Å². The van der Waals surface area contributed by atoms with Crippen molar-refractivity contribution in [1.29, 1.82) is 0 Å². The van der Waals surface area contributed by atoms with Crippen molar-refractivity contribution in [3.8, 4) is 5.75 Å². The molecular weight excluding hydrogens is 398 g/mol. The Kier molecular flexibility index (Phi) is 7.09. The summed E-state index contributed by atoms with van der Waals surface area (Å²) in [4.78, 5) is 27.1. The number of halogens is 2. The van der Waals surface area contributed by atoms with E-state index in [1.807, 2.05) is 12.1 Å². The molecule has 1 aliphatic heterocycles. The average molecular weight is 420 g/mol. The van der Waals surface area contributed by atoms with Gasteiger partial charge in [0.1, 0.15) is 5.75 Å². The van der Waals surface area contributed by atoms with Crippen LogP contribution in [-0.2, 0) is 9.59 Å². The van der Waals surface area contributed by atoms with Gasteiger partial charge in [0.15, 0.2) is 11.6 Å². The monoisotopic (exact) mass is 420 g/mol. The molecule has 0 atom stereocenters. The van der Waals surface area contributed by atoms with Gasteiger partial charge in [0.25, 0.3) is 0 Å². The number of methoxy groups -OCH3 is 1. The van der Waals surface area contributed by atoms with Gasteiger partial charge in [0, 0.05) is 23.9 Å². The first kappa shape index (κ1) is 21.1. The second-order valence-electron chi connectivity index (χ2n) is 6.71. The first-order valence-electron chi connectivity index (χ1n) is 9.27. The van der Waals surface area contributed by atoms with E-state index in [-0.39, 0.29) is 23.5 Å². The predicted octanol–water partition coefficient (Wildman–Crippen LogP) is 3.94. The van der Waals surface area contributed by atoms with Crippen LogP contribution in [0.4, 0.5) is 14.5 Å². The van der Waals surface area contributed by atoms with Gasteiger partial charge in [-0.1, -0.05) is 12.1 Å². The van der Waals surface area contributed by atoms with E-state index in [2.05, 4.69) is 5.32 Å². The molecule has 0 spiro atoms. The highest BCUT2D eigenvalue weighted by Gasteiger charge is 2.27. The lowest BCUT2D eigenvalue weighted by Crippen LogP contribution is -2.42. The number of para-hydroxylation sites is 2. The summed E-state index contributed by atoms with van der Waals surface area (Å²) in [6.07, 6.45) is 1.14. The third-order valence-electron chi connectivity index (χ3n) is 4.84. The molecule has 1 aliphatic rings. The zero-order valence-corrected chi connectivity index (χ0v) is 16.8. The van der Waals surface area contributed by atoms with E-state index in [0.29, 0.717) is 42.3 Å². The number of hydrogen-bond acceptors (Lipinski definition) is 4. The molecule has 1 saturated heterocycles. The molecule has 0 aromatic heterocycles. The summed E-state index contributed by atoms with van der Waals surface area (Å²) < 4.78 is 31.5. The topological polar surface area (TPSA) is 58.6 Å². The number of carbonyl (C=O) groups excluding carboxylic acids is 2. The largest absolute Gasteiger partial charge is 0.495 e. The van der Waals surface area contributed by atoms with Crippen LogP contribution in [0.2, 0.25) is 0 Å². The molecule has 3 rings (SSSR count). The van der Waals surface area contributed by atoms with Gasteiger partial charge in [-0.15, -0.1) is 11.8 Å². The van der Waals surface area contributed by atoms with Crippen LogP contribution in [0.3, 0.4) is 0 Å². The molecule has 154 valence electrons. The van der Waals surface area contributed by atoms with Crippen LogP contribution >= 0.6 is 11.8 Å². The number of likely N-dealkylation sites (tertiary alicyclic amines) is 1. The molecule has 0 aliphatic carbocycles. The summed E-state index contributed by atoms with van der Waals surface area (Å²) in [5.74, 6) is -1.44. The zero-order valence-electron chi connectivity index (χ0n) is 16.0. The lowest BCUT2D eigenvalue weighted by molar-refractivity contribution is -0.132. The third kappa shape index (κ3) is 5.47. The summed E-state index contributed by atoms with van der Waals surface area (Å²) in [6, 6.07) is 10.8. The van der Waals surface area contributed by atoms with Crippen molar-refractivity contribution in [2.24, 2.45) is 5.92 Å². The van der Waals surface area contributed by atoms with Crippen LogP contribution in [0.25, 0.3) is 0 Å². The average Bonchev–Trinajstić information content (AvgIpc) is 2.74. The minimum atomic E-state index is -0.927. The van der Waals surface area contributed by atoms with Gasteiger partial charge in [0.05, 0.1) is 18.6 Å². The number of amides is 2. The smallest absolute Gasteiger partial charge is 0.232 e. The number of rotatable bonds is 6. The number of nitrogens with one attached hydrogen (secondary N) is 1. The molecule has 2 aromatic rings. The van der Waals surface area contributed by atoms with E-state index < -0.39 is 11.6 Å². The quantitative estimate of drug-likeness (QED) is 0.719. The highest BCUT2D eigenvalue weighted by atomic mass is 32.2. The van der Waals surface area contributed by atoms with Crippen molar-refractivity contribution >= 4 is 29.3 Å². The minimum absolute atomic E-state index is 0.0803. The van der Waals surface area contributed by atoms with E-state index in [9.17, 15) is 18.4 Å². The molecule has 2 amide bonds. The lowest BCUT2D eigenvalue weighted by atomic mass is 9.96. The number of ether oxygens (including phenoxy) is 1. The Morgan fingerprint density at radius 2 is 1.86 bits per heavy atom. The fourth-order valence-corrected chi connectivity index (χ4v) is 4.00. The van der Waals surface area contributed by atoms with Crippen molar-refractivity contribution in [2.75, 3.05) is 31.3 Å². The van der Waals surface area contributed by atoms with Gasteiger partial charge in [-0.25, -0.2) is 8.78 Å². The molecule has 8 heteroatoms. The molecule has 2 aromatic carbocycles. The Bertz CT molecular complexity index is 886. The molecule has 0 bridgehead atoms. The molecule has 1 N–H and O–H groups in total. The first-order valence-corrected chi connectivity index (χ1v) is 10.3. The van der Waals surface area contributed by atoms with Crippen molar-refractivity contribution in [1.82, 2.24) is 4.90 Å². The SMILES string of the molecule is COc1ccccc1NC(=O)C1CCN(C(=O)CSc2ccc(F)c(F)c2)CC1. The van der Waals surface area contributed by atoms with Gasteiger partial charge >= 0.3 is 0 Å². The summed E-state index contributed by atoms with van der Waals surface area (Å²) in [6.45, 7) is 0.975. The molecule has 1 fully saturated rings. The second kappa shape index (κ2) is 9.73. The van der Waals surface area contributed by atoms with Gasteiger partial charge in [-0.2, -0.15) is 0 Å². The number of nitrogens with zero attached hydrogens (tertiary/aromatic N) is 1. The van der Waals surface area contributed by atoms with Crippen molar-refractivity contribution in [2.45, 2.75) is 17.7 Å². The number of piperidine rings is 1. The van der Waals surface area contributed by atoms with Crippen LogP contribution in [0.15, 0.2) is 47.4 Å². The molecule has 29 heavy (non-hydrogen) atoms. The maximum atomic E-state index is 13.3. The Labute approximate surface area is 172 Å². The summed E-state index contributed by atoms with van der Waals surface area (Å²) in [5.41, 5.74) is 0.626. The summed E-state index contributed by atoms with van der Waals surface area (Å²) in [5, 5.41) is 2.89. The van der Waals surface area contributed by atoms with E-state index in [4.69, 9.17) is 4.74 Å². The zero-order chi connectivity index (χ0) is 20.8. The normalized spacial score (nSPS) is 14.5. The number of benzene rings is 2. The van der Waals surface area contributed by atoms with Crippen LogP contribution in [0, 0.1) is 17.6 Å². The van der Waals surface area contributed by atoms with E-state index in [1.54, 1.807) is 24.1 Å². The maximum absolute atomic E-state index is 13.3. The first-order chi connectivity index (χ1) is 14.0. The fraction of sp³-hybridized carbons (Fsp3) is 0.333. The predicted molar refractivity (Wildman–Crippen MR) is 108 cm³/mol. The summed E-state index contributed by atoms with van der Waals surface area (Å²) in [7, 11) is 1.55. The number of hydrogen-bond donors (Lipinski definition) is 1. The molecule has 0 saturated carbocycles. The van der Waals surface area contributed by atoms with Crippen LogP contribution < -0.4 is 10.1 Å². The maximum Gasteiger partial charge on any atom is 0.232 e. The van der Waals surface area contributed by atoms with Crippen LogP contribution in [0.1, 0.15) is 12.8 Å². The minimum Gasteiger partial charge on any atom is -0.495 e. The highest BCUT2D eigenvalue weighted by Crippen LogP contribution is 2.26. The molecule has 0 unspecified atom stereocenters. The van der Waals surface area contributed by atoms with Gasteiger partial charge in [0.2, 0.25) is 11.8 Å². The number of thioether (sulfide) groups is 1. The molecular formula is C21H22F2N2O3S. The standard InChI is InChI=1S/C21H22F2N2O3S/c1-28-19-5-3-2-4-18(19)24-21(27)14-8-10-25(11-9-14)20(26)13-29-15-6-7-16(22)17(23)12-15/h2-7,12,14H,8-11,13H2,1H3,(H,24,27). The Balaban J connectivity index is 1.47. The summed E-state index contributed by atoms with van der Waals surface area (Å²) >= 11 is 1.17. The van der Waals surface area contributed by atoms with Crippen LogP contribution in [0.5, 0.6) is 5.75 Å². The van der Waals surface area contributed by atoms with Gasteiger partial charge in [-0.3, -0.25) is 9.59 Å². The van der Waals surface area contributed by atoms with E-state index >= 15 is 0 Å².